The molecule has 1 aromatic carbocycles. The molecule has 0 spiro atoms. The summed E-state index contributed by atoms with van der Waals surface area (Å²) in [6, 6.07) is 7.71. The number of nitrogen functional groups attached to an aromatic ring is 1. The maximum Gasteiger partial charge on any atom is 0.271 e. The van der Waals surface area contributed by atoms with E-state index in [4.69, 9.17) is 10.5 Å². The molecule has 0 atom stereocenters. The zero-order valence-electron chi connectivity index (χ0n) is 10.6. The van der Waals surface area contributed by atoms with Gasteiger partial charge in [-0.1, -0.05) is 18.2 Å². The van der Waals surface area contributed by atoms with Crippen LogP contribution in [0.4, 0.5) is 5.69 Å². The van der Waals surface area contributed by atoms with Crippen molar-refractivity contribution in [2.75, 3.05) is 19.4 Å². The Morgan fingerprint density at radius 3 is 2.95 bits per heavy atom. The van der Waals surface area contributed by atoms with Crippen LogP contribution in [0.2, 0.25) is 0 Å². The molecule has 2 aromatic rings. The Bertz CT molecular complexity index is 565. The number of nitrogens with two attached hydrogens (primary N) is 1. The molecule has 1 amide bonds. The van der Waals surface area contributed by atoms with E-state index >= 15 is 0 Å². The number of rotatable bonds is 5. The molecule has 0 aliphatic rings. The maximum absolute atomic E-state index is 11.8. The molecule has 0 unspecified atom stereocenters. The fourth-order valence-electron chi connectivity index (χ4n) is 1.79. The van der Waals surface area contributed by atoms with E-state index in [0.29, 0.717) is 24.3 Å². The number of nitrogens with one attached hydrogen (secondary N) is 2. The lowest BCUT2D eigenvalue weighted by Crippen LogP contribution is -2.26. The Morgan fingerprint density at radius 2 is 2.26 bits per heavy atom. The molecular formula is C13H16N4O2. The molecule has 19 heavy (non-hydrogen) atoms. The molecule has 0 fully saturated rings. The Balaban J connectivity index is 1.90. The highest BCUT2D eigenvalue weighted by molar-refractivity contribution is 5.96. The predicted octanol–water partition coefficient (Wildman–Crippen LogP) is 0.973. The van der Waals surface area contributed by atoms with Crippen molar-refractivity contribution in [3.8, 4) is 5.75 Å². The maximum atomic E-state index is 11.8. The lowest BCUT2D eigenvalue weighted by atomic mass is 10.1. The summed E-state index contributed by atoms with van der Waals surface area (Å²) in [6.45, 7) is 0.498. The van der Waals surface area contributed by atoms with Crippen molar-refractivity contribution in [2.45, 2.75) is 6.42 Å². The van der Waals surface area contributed by atoms with Crippen LogP contribution in [0.25, 0.3) is 0 Å². The second-order valence-electron chi connectivity index (χ2n) is 4.02. The van der Waals surface area contributed by atoms with Gasteiger partial charge in [0, 0.05) is 6.54 Å². The van der Waals surface area contributed by atoms with Crippen LogP contribution in [-0.4, -0.2) is 29.8 Å². The van der Waals surface area contributed by atoms with Gasteiger partial charge in [0.05, 0.1) is 19.0 Å². The number of carbonyl (C=O) groups excluding carboxylic acids is 1. The number of para-hydroxylation sites is 1. The van der Waals surface area contributed by atoms with Gasteiger partial charge in [0.25, 0.3) is 5.91 Å². The van der Waals surface area contributed by atoms with Crippen molar-refractivity contribution in [1.29, 1.82) is 0 Å². The van der Waals surface area contributed by atoms with Crippen LogP contribution in [0.1, 0.15) is 16.1 Å². The van der Waals surface area contributed by atoms with Gasteiger partial charge in [-0.15, -0.1) is 0 Å². The number of ether oxygens (including phenoxy) is 1. The van der Waals surface area contributed by atoms with Crippen LogP contribution in [0, 0.1) is 0 Å². The smallest absolute Gasteiger partial charge is 0.271 e. The van der Waals surface area contributed by atoms with Gasteiger partial charge >= 0.3 is 0 Å². The molecule has 0 bridgehead atoms. The van der Waals surface area contributed by atoms with E-state index in [1.807, 2.05) is 24.3 Å². The summed E-state index contributed by atoms with van der Waals surface area (Å²) >= 11 is 0. The molecule has 0 aliphatic carbocycles. The van der Waals surface area contributed by atoms with Gasteiger partial charge in [-0.05, 0) is 18.1 Å². The van der Waals surface area contributed by atoms with Gasteiger partial charge in [0.15, 0.2) is 0 Å². The first-order valence-electron chi connectivity index (χ1n) is 5.91. The van der Waals surface area contributed by atoms with Crippen LogP contribution < -0.4 is 15.8 Å². The van der Waals surface area contributed by atoms with Gasteiger partial charge in [-0.2, -0.15) is 5.10 Å². The molecule has 1 heterocycles. The van der Waals surface area contributed by atoms with Crippen molar-refractivity contribution in [3.05, 3.63) is 41.7 Å². The number of anilines is 1. The fourth-order valence-corrected chi connectivity index (χ4v) is 1.79. The summed E-state index contributed by atoms with van der Waals surface area (Å²) < 4.78 is 5.25. The van der Waals surface area contributed by atoms with E-state index in [-0.39, 0.29) is 5.91 Å². The van der Waals surface area contributed by atoms with Crippen molar-refractivity contribution in [3.63, 3.8) is 0 Å². The van der Waals surface area contributed by atoms with Gasteiger partial charge in [0.2, 0.25) is 0 Å². The number of aromatic nitrogens is 2. The van der Waals surface area contributed by atoms with Gasteiger partial charge in [0.1, 0.15) is 11.4 Å². The number of nitrogens with zero attached hydrogens (tertiary/aromatic N) is 1. The minimum absolute atomic E-state index is 0.259. The standard InChI is InChI=1S/C13H16N4O2/c1-19-11-5-3-2-4-9(11)6-7-15-13(18)12-10(14)8-16-17-12/h2-5,8H,6-7,14H2,1H3,(H,15,18)(H,16,17). The van der Waals surface area contributed by atoms with Gasteiger partial charge < -0.3 is 15.8 Å². The second kappa shape index (κ2) is 5.90. The zero-order chi connectivity index (χ0) is 13.7. The third-order valence-electron chi connectivity index (χ3n) is 2.77. The first-order valence-corrected chi connectivity index (χ1v) is 5.91. The molecule has 0 radical (unpaired) electrons. The molecule has 0 saturated heterocycles. The topological polar surface area (TPSA) is 93.0 Å². The Morgan fingerprint density at radius 1 is 1.47 bits per heavy atom. The molecule has 0 saturated carbocycles. The van der Waals surface area contributed by atoms with E-state index in [9.17, 15) is 4.79 Å². The quantitative estimate of drug-likeness (QED) is 0.747. The third kappa shape index (κ3) is 3.04. The molecule has 6 nitrogen and oxygen atoms in total. The number of benzene rings is 1. The Kier molecular flexibility index (Phi) is 4.02. The van der Waals surface area contributed by atoms with Crippen LogP contribution in [0.15, 0.2) is 30.5 Å². The number of aromatic amines is 1. The van der Waals surface area contributed by atoms with Crippen molar-refractivity contribution >= 4 is 11.6 Å². The summed E-state index contributed by atoms with van der Waals surface area (Å²) in [4.78, 5) is 11.8. The molecule has 1 aromatic heterocycles. The minimum Gasteiger partial charge on any atom is -0.496 e. The first kappa shape index (κ1) is 12.9. The highest BCUT2D eigenvalue weighted by atomic mass is 16.5. The Labute approximate surface area is 111 Å². The first-order chi connectivity index (χ1) is 9.22. The van der Waals surface area contributed by atoms with E-state index in [0.717, 1.165) is 11.3 Å². The predicted molar refractivity (Wildman–Crippen MR) is 72.0 cm³/mol. The average Bonchev–Trinajstić information content (AvgIpc) is 2.85. The summed E-state index contributed by atoms with van der Waals surface area (Å²) in [7, 11) is 1.63. The zero-order valence-corrected chi connectivity index (χ0v) is 10.6. The summed E-state index contributed by atoms with van der Waals surface area (Å²) in [5, 5.41) is 9.05. The molecule has 4 N–H and O–H groups in total. The van der Waals surface area contributed by atoms with E-state index in [1.54, 1.807) is 7.11 Å². The molecule has 100 valence electrons. The lowest BCUT2D eigenvalue weighted by molar-refractivity contribution is 0.0950. The number of amides is 1. The minimum atomic E-state index is -0.259. The van der Waals surface area contributed by atoms with E-state index in [1.165, 1.54) is 6.20 Å². The number of methoxy groups -OCH3 is 1. The van der Waals surface area contributed by atoms with Crippen molar-refractivity contribution < 1.29 is 9.53 Å². The summed E-state index contributed by atoms with van der Waals surface area (Å²) in [5.41, 5.74) is 7.27. The highest BCUT2D eigenvalue weighted by Crippen LogP contribution is 2.17. The molecule has 0 aliphatic heterocycles. The van der Waals surface area contributed by atoms with Gasteiger partial charge in [-0.25, -0.2) is 0 Å². The largest absolute Gasteiger partial charge is 0.496 e. The van der Waals surface area contributed by atoms with Crippen LogP contribution in [-0.2, 0) is 6.42 Å². The number of H-pyrrole nitrogens is 1. The van der Waals surface area contributed by atoms with Gasteiger partial charge in [-0.3, -0.25) is 9.89 Å². The monoisotopic (exact) mass is 260 g/mol. The molecular weight excluding hydrogens is 244 g/mol. The van der Waals surface area contributed by atoms with E-state index in [2.05, 4.69) is 15.5 Å². The molecule has 6 heteroatoms. The normalized spacial score (nSPS) is 10.2. The Hall–Kier alpha value is -2.50. The van der Waals surface area contributed by atoms with Crippen molar-refractivity contribution in [2.24, 2.45) is 0 Å². The summed E-state index contributed by atoms with van der Waals surface area (Å²) in [6.07, 6.45) is 2.10. The number of hydrogen-bond donors (Lipinski definition) is 3. The number of hydrogen-bond acceptors (Lipinski definition) is 4. The second-order valence-corrected chi connectivity index (χ2v) is 4.02. The summed E-state index contributed by atoms with van der Waals surface area (Å²) in [5.74, 6) is 0.558. The lowest BCUT2D eigenvalue weighted by Gasteiger charge is -2.08. The van der Waals surface area contributed by atoms with Crippen LogP contribution in [0.3, 0.4) is 0 Å². The third-order valence-corrected chi connectivity index (χ3v) is 2.77. The fraction of sp³-hybridized carbons (Fsp3) is 0.231. The average molecular weight is 260 g/mol. The van der Waals surface area contributed by atoms with Crippen LogP contribution >= 0.6 is 0 Å². The van der Waals surface area contributed by atoms with Crippen molar-refractivity contribution in [1.82, 2.24) is 15.5 Å². The highest BCUT2D eigenvalue weighted by Gasteiger charge is 2.11. The SMILES string of the molecule is COc1ccccc1CCNC(=O)c1[nH]ncc1N. The number of carbonyl (C=O) groups is 1. The van der Waals surface area contributed by atoms with E-state index < -0.39 is 0 Å². The van der Waals surface area contributed by atoms with Crippen LogP contribution in [0.5, 0.6) is 5.75 Å². The molecule has 2 rings (SSSR count).